The maximum atomic E-state index is 12.9. The highest BCUT2D eigenvalue weighted by molar-refractivity contribution is 6.10. The van der Waals surface area contributed by atoms with Gasteiger partial charge in [-0.3, -0.25) is 9.59 Å². The van der Waals surface area contributed by atoms with Gasteiger partial charge in [0.05, 0.1) is 6.61 Å². The fourth-order valence-corrected chi connectivity index (χ4v) is 2.23. The molecular formula is C19H22N2O3. The lowest BCUT2D eigenvalue weighted by Gasteiger charge is -2.30. The Hall–Kier alpha value is -2.50. The molecule has 5 nitrogen and oxygen atoms in total. The molecule has 0 saturated heterocycles. The van der Waals surface area contributed by atoms with Gasteiger partial charge in [0.25, 0.3) is 11.8 Å². The molecule has 2 amide bonds. The van der Waals surface area contributed by atoms with Gasteiger partial charge in [-0.2, -0.15) is 0 Å². The van der Waals surface area contributed by atoms with Crippen molar-refractivity contribution in [2.45, 2.75) is 32.9 Å². The van der Waals surface area contributed by atoms with Crippen molar-refractivity contribution in [1.82, 2.24) is 10.4 Å². The highest BCUT2D eigenvalue weighted by atomic mass is 16.3. The molecule has 0 aromatic heterocycles. The Bertz CT molecular complexity index is 721. The van der Waals surface area contributed by atoms with E-state index in [1.807, 2.05) is 20.8 Å². The highest BCUT2D eigenvalue weighted by Crippen LogP contribution is 2.15. The van der Waals surface area contributed by atoms with Crippen molar-refractivity contribution < 1.29 is 14.7 Å². The molecule has 24 heavy (non-hydrogen) atoms. The Morgan fingerprint density at radius 3 is 2.12 bits per heavy atom. The first-order valence-corrected chi connectivity index (χ1v) is 7.74. The zero-order valence-electron chi connectivity index (χ0n) is 14.1. The van der Waals surface area contributed by atoms with Crippen LogP contribution in [0.4, 0.5) is 0 Å². The van der Waals surface area contributed by atoms with E-state index in [9.17, 15) is 14.7 Å². The van der Waals surface area contributed by atoms with Crippen molar-refractivity contribution in [2.75, 3.05) is 0 Å². The maximum absolute atomic E-state index is 12.9. The molecule has 2 N–H and O–H groups in total. The van der Waals surface area contributed by atoms with Gasteiger partial charge in [0.2, 0.25) is 0 Å². The van der Waals surface area contributed by atoms with Crippen LogP contribution < -0.4 is 5.43 Å². The smallest absolute Gasteiger partial charge is 0.275 e. The van der Waals surface area contributed by atoms with Crippen LogP contribution >= 0.6 is 0 Å². The van der Waals surface area contributed by atoms with Crippen LogP contribution in [-0.2, 0) is 6.61 Å². The number of nitrogens with zero attached hydrogens (tertiary/aromatic N) is 1. The molecule has 0 bridgehead atoms. The third kappa shape index (κ3) is 4.28. The molecule has 2 rings (SSSR count). The molecular weight excluding hydrogens is 304 g/mol. The van der Waals surface area contributed by atoms with E-state index in [4.69, 9.17) is 0 Å². The summed E-state index contributed by atoms with van der Waals surface area (Å²) >= 11 is 0. The maximum Gasteiger partial charge on any atom is 0.275 e. The third-order valence-corrected chi connectivity index (χ3v) is 3.29. The van der Waals surface area contributed by atoms with Gasteiger partial charge in [-0.05, 0) is 44.5 Å². The van der Waals surface area contributed by atoms with Crippen LogP contribution in [0.5, 0.6) is 0 Å². The summed E-state index contributed by atoms with van der Waals surface area (Å²) in [4.78, 5) is 25.8. The molecule has 0 unspecified atom stereocenters. The van der Waals surface area contributed by atoms with Crippen LogP contribution in [0.25, 0.3) is 0 Å². The van der Waals surface area contributed by atoms with Gasteiger partial charge in [-0.1, -0.05) is 36.4 Å². The summed E-state index contributed by atoms with van der Waals surface area (Å²) < 4.78 is 0. The van der Waals surface area contributed by atoms with Crippen molar-refractivity contribution in [3.05, 3.63) is 71.3 Å². The standard InChI is InChI=1S/C19H22N2O3/c1-19(2,3)20-21(17(23)14-9-5-4-6-10-14)18(24)16-12-8-7-11-15(16)13-22/h4-12,20,22H,13H2,1-3H3. The number of carbonyl (C=O) groups is 2. The molecule has 0 radical (unpaired) electrons. The summed E-state index contributed by atoms with van der Waals surface area (Å²) in [5, 5.41) is 10.5. The minimum Gasteiger partial charge on any atom is -0.392 e. The molecule has 0 fully saturated rings. The summed E-state index contributed by atoms with van der Waals surface area (Å²) in [5.74, 6) is -0.938. The number of rotatable bonds is 4. The Morgan fingerprint density at radius 2 is 1.54 bits per heavy atom. The number of hydrogen-bond donors (Lipinski definition) is 2. The average Bonchev–Trinajstić information content (AvgIpc) is 2.58. The monoisotopic (exact) mass is 326 g/mol. The second-order valence-electron chi connectivity index (χ2n) is 6.49. The predicted octanol–water partition coefficient (Wildman–Crippen LogP) is 2.76. The molecule has 0 saturated carbocycles. The van der Waals surface area contributed by atoms with Crippen LogP contribution in [0.15, 0.2) is 54.6 Å². The zero-order chi connectivity index (χ0) is 17.7. The second-order valence-corrected chi connectivity index (χ2v) is 6.49. The minimum atomic E-state index is -0.497. The van der Waals surface area contributed by atoms with Crippen molar-refractivity contribution in [1.29, 1.82) is 0 Å². The highest BCUT2D eigenvalue weighted by Gasteiger charge is 2.29. The third-order valence-electron chi connectivity index (χ3n) is 3.29. The molecule has 0 heterocycles. The summed E-state index contributed by atoms with van der Waals surface area (Å²) in [5.41, 5.74) is 3.64. The van der Waals surface area contributed by atoms with Crippen LogP contribution in [0, 0.1) is 0 Å². The molecule has 0 atom stereocenters. The van der Waals surface area contributed by atoms with Gasteiger partial charge in [-0.25, -0.2) is 10.4 Å². The molecule has 0 aliphatic heterocycles. The fourth-order valence-electron chi connectivity index (χ4n) is 2.23. The van der Waals surface area contributed by atoms with Gasteiger partial charge in [0, 0.05) is 16.7 Å². The van der Waals surface area contributed by atoms with E-state index in [1.54, 1.807) is 54.6 Å². The van der Waals surface area contributed by atoms with E-state index in [0.717, 1.165) is 5.01 Å². The lowest BCUT2D eigenvalue weighted by Crippen LogP contribution is -2.55. The SMILES string of the molecule is CC(C)(C)NN(C(=O)c1ccccc1)C(=O)c1ccccc1CO. The van der Waals surface area contributed by atoms with Crippen LogP contribution in [0.3, 0.4) is 0 Å². The van der Waals surface area contributed by atoms with Crippen molar-refractivity contribution in [3.8, 4) is 0 Å². The van der Waals surface area contributed by atoms with E-state index < -0.39 is 17.4 Å². The molecule has 126 valence electrons. The molecule has 2 aromatic carbocycles. The summed E-state index contributed by atoms with van der Waals surface area (Å²) in [6.07, 6.45) is 0. The Kier molecular flexibility index (Phi) is 5.49. The topological polar surface area (TPSA) is 69.6 Å². The minimum absolute atomic E-state index is 0.273. The number of aliphatic hydroxyl groups excluding tert-OH is 1. The van der Waals surface area contributed by atoms with Gasteiger partial charge in [0.1, 0.15) is 0 Å². The van der Waals surface area contributed by atoms with E-state index in [2.05, 4.69) is 5.43 Å². The number of imide groups is 1. The van der Waals surface area contributed by atoms with Gasteiger partial charge in [-0.15, -0.1) is 0 Å². The van der Waals surface area contributed by atoms with Gasteiger partial charge in [0.15, 0.2) is 0 Å². The van der Waals surface area contributed by atoms with E-state index >= 15 is 0 Å². The Balaban J connectivity index is 2.43. The molecule has 2 aromatic rings. The normalized spacial score (nSPS) is 11.2. The quantitative estimate of drug-likeness (QED) is 0.669. The van der Waals surface area contributed by atoms with E-state index in [0.29, 0.717) is 16.7 Å². The molecule has 0 aliphatic rings. The number of nitrogens with one attached hydrogen (secondary N) is 1. The fraction of sp³-hybridized carbons (Fsp3) is 0.263. The lowest BCUT2D eigenvalue weighted by molar-refractivity contribution is 0.0450. The van der Waals surface area contributed by atoms with Crippen molar-refractivity contribution >= 4 is 11.8 Å². The largest absolute Gasteiger partial charge is 0.392 e. The predicted molar refractivity (Wildman–Crippen MR) is 92.2 cm³/mol. The number of hydrazine groups is 1. The van der Waals surface area contributed by atoms with Crippen molar-refractivity contribution in [3.63, 3.8) is 0 Å². The van der Waals surface area contributed by atoms with Crippen LogP contribution in [0.2, 0.25) is 0 Å². The zero-order valence-corrected chi connectivity index (χ0v) is 14.1. The van der Waals surface area contributed by atoms with E-state index in [-0.39, 0.29) is 6.61 Å². The number of amides is 2. The lowest BCUT2D eigenvalue weighted by atomic mass is 10.1. The first-order valence-electron chi connectivity index (χ1n) is 7.74. The number of aliphatic hydroxyl groups is 1. The number of carbonyl (C=O) groups excluding carboxylic acids is 2. The Labute approximate surface area is 141 Å². The van der Waals surface area contributed by atoms with Crippen LogP contribution in [-0.4, -0.2) is 27.5 Å². The Morgan fingerprint density at radius 1 is 0.958 bits per heavy atom. The first-order chi connectivity index (χ1) is 11.3. The summed E-state index contributed by atoms with van der Waals surface area (Å²) in [6.45, 7) is 5.32. The molecule has 0 aliphatic carbocycles. The first kappa shape index (κ1) is 17.8. The van der Waals surface area contributed by atoms with Gasteiger partial charge >= 0.3 is 0 Å². The second kappa shape index (κ2) is 7.38. The molecule has 5 heteroatoms. The molecule has 0 spiro atoms. The average molecular weight is 326 g/mol. The van der Waals surface area contributed by atoms with Gasteiger partial charge < -0.3 is 5.11 Å². The van der Waals surface area contributed by atoms with Crippen LogP contribution in [0.1, 0.15) is 47.1 Å². The summed E-state index contributed by atoms with van der Waals surface area (Å²) in [7, 11) is 0. The van der Waals surface area contributed by atoms with E-state index in [1.165, 1.54) is 0 Å². The number of benzene rings is 2. The number of hydrogen-bond acceptors (Lipinski definition) is 4. The van der Waals surface area contributed by atoms with Crippen molar-refractivity contribution in [2.24, 2.45) is 0 Å². The summed E-state index contributed by atoms with van der Waals surface area (Å²) in [6, 6.07) is 15.3.